The van der Waals surface area contributed by atoms with Crippen molar-refractivity contribution in [1.82, 2.24) is 0 Å². The molecule has 3 N–H and O–H groups in total. The predicted octanol–water partition coefficient (Wildman–Crippen LogP) is 2.57. The number of ether oxygens (including phenoxy) is 1. The lowest BCUT2D eigenvalue weighted by atomic mass is 10.2. The number of aryl methyl sites for hydroxylation is 1. The van der Waals surface area contributed by atoms with Gasteiger partial charge in [0.15, 0.2) is 0 Å². The highest BCUT2D eigenvalue weighted by atomic mass is 19.4. The molecule has 1 aromatic rings. The Bertz CT molecular complexity index is 366. The van der Waals surface area contributed by atoms with Gasteiger partial charge in [-0.3, -0.25) is 0 Å². The number of hydrogen-bond acceptors (Lipinski definition) is 3. The number of anilines is 2. The van der Waals surface area contributed by atoms with Gasteiger partial charge in [0.2, 0.25) is 0 Å². The highest BCUT2D eigenvalue weighted by Gasteiger charge is 2.27. The molecule has 1 rings (SSSR count). The first-order valence-electron chi connectivity index (χ1n) is 5.13. The first kappa shape index (κ1) is 13.6. The molecule has 0 radical (unpaired) electrons. The van der Waals surface area contributed by atoms with Crippen molar-refractivity contribution >= 4 is 11.4 Å². The summed E-state index contributed by atoms with van der Waals surface area (Å²) >= 11 is 0. The van der Waals surface area contributed by atoms with Crippen molar-refractivity contribution in [1.29, 1.82) is 0 Å². The minimum atomic E-state index is -4.27. The summed E-state index contributed by atoms with van der Waals surface area (Å²) in [5.74, 6) is 0. The normalized spacial score (nSPS) is 11.5. The van der Waals surface area contributed by atoms with E-state index in [1.807, 2.05) is 13.0 Å². The first-order valence-corrected chi connectivity index (χ1v) is 5.13. The molecule has 0 unspecified atom stereocenters. The standard InChI is InChI=1S/C11H15F3N2O/c1-8-2-3-10(9(15)6-8)16-4-5-17-7-11(12,13)14/h2-3,6,16H,4-5,7,15H2,1H3. The van der Waals surface area contributed by atoms with Crippen molar-refractivity contribution in [3.8, 4) is 0 Å². The molecule has 0 aromatic heterocycles. The van der Waals surface area contributed by atoms with Gasteiger partial charge in [-0.05, 0) is 24.6 Å². The smallest absolute Gasteiger partial charge is 0.397 e. The van der Waals surface area contributed by atoms with Gasteiger partial charge in [-0.25, -0.2) is 0 Å². The molecule has 0 atom stereocenters. The highest BCUT2D eigenvalue weighted by Crippen LogP contribution is 2.19. The van der Waals surface area contributed by atoms with Gasteiger partial charge in [0.05, 0.1) is 18.0 Å². The Labute approximate surface area is 97.8 Å². The zero-order chi connectivity index (χ0) is 12.9. The number of nitrogens with two attached hydrogens (primary N) is 1. The Morgan fingerprint density at radius 3 is 2.65 bits per heavy atom. The number of nitrogens with one attached hydrogen (secondary N) is 1. The molecule has 1 aromatic carbocycles. The summed E-state index contributed by atoms with van der Waals surface area (Å²) in [6.45, 7) is 0.945. The predicted molar refractivity (Wildman–Crippen MR) is 61.0 cm³/mol. The molecule has 0 bridgehead atoms. The Morgan fingerprint density at radius 1 is 1.35 bits per heavy atom. The van der Waals surface area contributed by atoms with Crippen LogP contribution in [0.2, 0.25) is 0 Å². The third kappa shape index (κ3) is 5.44. The van der Waals surface area contributed by atoms with Crippen LogP contribution in [-0.4, -0.2) is 25.9 Å². The van der Waals surface area contributed by atoms with Crippen LogP contribution in [0.5, 0.6) is 0 Å². The molecule has 0 aliphatic rings. The molecule has 0 fully saturated rings. The molecule has 0 aliphatic carbocycles. The topological polar surface area (TPSA) is 47.3 Å². The summed E-state index contributed by atoms with van der Waals surface area (Å²) in [5.41, 5.74) is 8.02. The zero-order valence-electron chi connectivity index (χ0n) is 9.47. The fourth-order valence-corrected chi connectivity index (χ4v) is 1.29. The molecule has 17 heavy (non-hydrogen) atoms. The van der Waals surface area contributed by atoms with E-state index >= 15 is 0 Å². The molecule has 0 spiro atoms. The Morgan fingerprint density at radius 2 is 2.06 bits per heavy atom. The van der Waals surface area contributed by atoms with Crippen LogP contribution in [0.25, 0.3) is 0 Å². The van der Waals surface area contributed by atoms with Gasteiger partial charge in [0.1, 0.15) is 6.61 Å². The van der Waals surface area contributed by atoms with Gasteiger partial charge >= 0.3 is 6.18 Å². The quantitative estimate of drug-likeness (QED) is 0.622. The molecule has 0 heterocycles. The largest absolute Gasteiger partial charge is 0.411 e. The van der Waals surface area contributed by atoms with E-state index < -0.39 is 12.8 Å². The third-order valence-corrected chi connectivity index (χ3v) is 2.03. The number of halogens is 3. The second-order valence-electron chi connectivity index (χ2n) is 3.69. The van der Waals surface area contributed by atoms with Gasteiger partial charge in [-0.2, -0.15) is 13.2 Å². The lowest BCUT2D eigenvalue weighted by Crippen LogP contribution is -2.20. The summed E-state index contributed by atoms with van der Waals surface area (Å²) in [6.07, 6.45) is -4.27. The molecular formula is C11H15F3N2O. The first-order chi connectivity index (χ1) is 7.88. The maximum atomic E-state index is 11.7. The summed E-state index contributed by atoms with van der Waals surface area (Å²) in [5, 5.41) is 2.91. The van der Waals surface area contributed by atoms with Gasteiger partial charge in [0.25, 0.3) is 0 Å². The number of benzene rings is 1. The van der Waals surface area contributed by atoms with E-state index in [9.17, 15) is 13.2 Å². The minimum absolute atomic E-state index is 0.0210. The van der Waals surface area contributed by atoms with Crippen LogP contribution < -0.4 is 11.1 Å². The van der Waals surface area contributed by atoms with E-state index in [1.165, 1.54) is 0 Å². The van der Waals surface area contributed by atoms with Crippen LogP contribution in [0.15, 0.2) is 18.2 Å². The third-order valence-electron chi connectivity index (χ3n) is 2.03. The second-order valence-corrected chi connectivity index (χ2v) is 3.69. The molecule has 0 aliphatic heterocycles. The Balaban J connectivity index is 2.27. The number of hydrogen-bond donors (Lipinski definition) is 2. The molecule has 0 saturated heterocycles. The molecular weight excluding hydrogens is 233 g/mol. The Hall–Kier alpha value is -1.43. The number of rotatable bonds is 5. The van der Waals surface area contributed by atoms with Crippen LogP contribution in [-0.2, 0) is 4.74 Å². The van der Waals surface area contributed by atoms with Crippen LogP contribution in [0.4, 0.5) is 24.5 Å². The van der Waals surface area contributed by atoms with Crippen LogP contribution >= 0.6 is 0 Å². The van der Waals surface area contributed by atoms with E-state index in [1.54, 1.807) is 12.1 Å². The van der Waals surface area contributed by atoms with E-state index in [0.717, 1.165) is 5.56 Å². The lowest BCUT2D eigenvalue weighted by Gasteiger charge is -2.11. The maximum absolute atomic E-state index is 11.7. The van der Waals surface area contributed by atoms with Crippen LogP contribution in [0.1, 0.15) is 5.56 Å². The van der Waals surface area contributed by atoms with Crippen molar-refractivity contribution in [2.75, 3.05) is 30.8 Å². The SMILES string of the molecule is Cc1ccc(NCCOCC(F)(F)F)c(N)c1. The number of alkyl halides is 3. The van der Waals surface area contributed by atoms with Crippen molar-refractivity contribution < 1.29 is 17.9 Å². The van der Waals surface area contributed by atoms with Crippen molar-refractivity contribution in [2.45, 2.75) is 13.1 Å². The molecule has 0 amide bonds. The number of nitrogen functional groups attached to an aromatic ring is 1. The van der Waals surface area contributed by atoms with Crippen molar-refractivity contribution in [3.63, 3.8) is 0 Å². The summed E-state index contributed by atoms with van der Waals surface area (Å²) in [6, 6.07) is 5.45. The summed E-state index contributed by atoms with van der Waals surface area (Å²) < 4.78 is 39.7. The minimum Gasteiger partial charge on any atom is -0.397 e. The maximum Gasteiger partial charge on any atom is 0.411 e. The van der Waals surface area contributed by atoms with Gasteiger partial charge < -0.3 is 15.8 Å². The van der Waals surface area contributed by atoms with E-state index in [0.29, 0.717) is 11.4 Å². The summed E-state index contributed by atoms with van der Waals surface area (Å²) in [4.78, 5) is 0. The Kier molecular flexibility index (Phi) is 4.62. The summed E-state index contributed by atoms with van der Waals surface area (Å²) in [7, 11) is 0. The van der Waals surface area contributed by atoms with Gasteiger partial charge in [0, 0.05) is 6.54 Å². The van der Waals surface area contributed by atoms with E-state index in [-0.39, 0.29) is 13.2 Å². The molecule has 96 valence electrons. The molecule has 3 nitrogen and oxygen atoms in total. The van der Waals surface area contributed by atoms with Crippen molar-refractivity contribution in [3.05, 3.63) is 23.8 Å². The van der Waals surface area contributed by atoms with E-state index in [4.69, 9.17) is 5.73 Å². The average molecular weight is 248 g/mol. The zero-order valence-corrected chi connectivity index (χ0v) is 9.47. The average Bonchev–Trinajstić information content (AvgIpc) is 2.18. The van der Waals surface area contributed by atoms with E-state index in [2.05, 4.69) is 10.1 Å². The lowest BCUT2D eigenvalue weighted by molar-refractivity contribution is -0.172. The molecule has 0 saturated carbocycles. The fraction of sp³-hybridized carbons (Fsp3) is 0.455. The van der Waals surface area contributed by atoms with Crippen LogP contribution in [0.3, 0.4) is 0 Å². The second kappa shape index (κ2) is 5.77. The monoisotopic (exact) mass is 248 g/mol. The van der Waals surface area contributed by atoms with Crippen LogP contribution in [0, 0.1) is 6.92 Å². The van der Waals surface area contributed by atoms with Gasteiger partial charge in [-0.15, -0.1) is 0 Å². The fourth-order valence-electron chi connectivity index (χ4n) is 1.29. The highest BCUT2D eigenvalue weighted by molar-refractivity contribution is 5.66. The molecule has 6 heteroatoms. The van der Waals surface area contributed by atoms with Crippen molar-refractivity contribution in [2.24, 2.45) is 0 Å². The van der Waals surface area contributed by atoms with Gasteiger partial charge in [-0.1, -0.05) is 6.07 Å².